The number of aromatic nitrogens is 3. The van der Waals surface area contributed by atoms with Crippen LogP contribution in [0.1, 0.15) is 67.2 Å². The summed E-state index contributed by atoms with van der Waals surface area (Å²) in [5.74, 6) is 1.87. The molecule has 2 atom stereocenters. The number of carbonyl (C=O) groups is 1. The standard InChI is InChI=1S/C24H27N5O3/c1-12-21-14(23(30)32-24(12,2)3)7-8-18(29-21)28-19-9-15-16(20(25)13-5-6-13)10-27-22(31-4)17(15)11-26-19/h7-13,20H,5-6,25H2,1-4H3,(H,26,28,29)/t12-,20+/m1/s1. The van der Waals surface area contributed by atoms with Crippen LogP contribution >= 0.6 is 0 Å². The molecule has 0 unspecified atom stereocenters. The highest BCUT2D eigenvalue weighted by molar-refractivity contribution is 5.93. The summed E-state index contributed by atoms with van der Waals surface area (Å²) in [5, 5.41) is 5.07. The minimum absolute atomic E-state index is 0.0417. The van der Waals surface area contributed by atoms with Crippen molar-refractivity contribution < 1.29 is 14.3 Å². The van der Waals surface area contributed by atoms with E-state index in [1.165, 1.54) is 0 Å². The molecule has 1 fully saturated rings. The quantitative estimate of drug-likeness (QED) is 0.575. The first-order valence-electron chi connectivity index (χ1n) is 10.9. The van der Waals surface area contributed by atoms with E-state index in [1.807, 2.05) is 26.8 Å². The van der Waals surface area contributed by atoms with Crippen LogP contribution in [0.3, 0.4) is 0 Å². The molecule has 8 nitrogen and oxygen atoms in total. The molecule has 2 aliphatic rings. The summed E-state index contributed by atoms with van der Waals surface area (Å²) in [6.45, 7) is 5.82. The van der Waals surface area contributed by atoms with Gasteiger partial charge < -0.3 is 20.5 Å². The number of fused-ring (bicyclic) bond motifs is 2. The number of hydrogen-bond acceptors (Lipinski definition) is 8. The van der Waals surface area contributed by atoms with Crippen molar-refractivity contribution in [1.29, 1.82) is 0 Å². The number of carbonyl (C=O) groups excluding carboxylic acids is 1. The minimum Gasteiger partial charge on any atom is -0.481 e. The van der Waals surface area contributed by atoms with Gasteiger partial charge in [-0.3, -0.25) is 0 Å². The second kappa shape index (κ2) is 7.41. The molecule has 166 valence electrons. The molecule has 0 saturated heterocycles. The van der Waals surface area contributed by atoms with Crippen LogP contribution < -0.4 is 15.8 Å². The van der Waals surface area contributed by atoms with Gasteiger partial charge in [0.25, 0.3) is 0 Å². The highest BCUT2D eigenvalue weighted by Gasteiger charge is 2.40. The molecule has 0 aromatic carbocycles. The number of hydrogen-bond donors (Lipinski definition) is 2. The number of esters is 1. The van der Waals surface area contributed by atoms with Crippen molar-refractivity contribution in [1.82, 2.24) is 15.0 Å². The zero-order chi connectivity index (χ0) is 22.6. The van der Waals surface area contributed by atoms with Crippen LogP contribution in [0.2, 0.25) is 0 Å². The molecule has 0 amide bonds. The maximum Gasteiger partial charge on any atom is 0.340 e. The Bertz CT molecular complexity index is 1220. The molecule has 1 saturated carbocycles. The van der Waals surface area contributed by atoms with Gasteiger partial charge in [0.05, 0.1) is 23.8 Å². The van der Waals surface area contributed by atoms with Gasteiger partial charge in [0.2, 0.25) is 5.88 Å². The summed E-state index contributed by atoms with van der Waals surface area (Å²) >= 11 is 0. The summed E-state index contributed by atoms with van der Waals surface area (Å²) < 4.78 is 11.0. The Balaban J connectivity index is 1.53. The third kappa shape index (κ3) is 3.44. The van der Waals surface area contributed by atoms with E-state index in [0.29, 0.717) is 29.0 Å². The van der Waals surface area contributed by atoms with Crippen molar-refractivity contribution in [2.45, 2.75) is 51.2 Å². The van der Waals surface area contributed by atoms with E-state index in [4.69, 9.17) is 20.2 Å². The van der Waals surface area contributed by atoms with Crippen LogP contribution in [0.4, 0.5) is 11.6 Å². The van der Waals surface area contributed by atoms with E-state index in [2.05, 4.69) is 15.3 Å². The molecule has 0 radical (unpaired) electrons. The monoisotopic (exact) mass is 433 g/mol. The fourth-order valence-corrected chi connectivity index (χ4v) is 4.23. The van der Waals surface area contributed by atoms with Crippen LogP contribution in [-0.2, 0) is 4.74 Å². The molecular weight excluding hydrogens is 406 g/mol. The number of rotatable bonds is 5. The van der Waals surface area contributed by atoms with Gasteiger partial charge in [-0.15, -0.1) is 0 Å². The van der Waals surface area contributed by atoms with Crippen molar-refractivity contribution in [2.24, 2.45) is 11.7 Å². The smallest absolute Gasteiger partial charge is 0.340 e. The average Bonchev–Trinajstić information content (AvgIpc) is 3.61. The lowest BCUT2D eigenvalue weighted by molar-refractivity contribution is -0.0189. The lowest BCUT2D eigenvalue weighted by Gasteiger charge is -2.36. The van der Waals surface area contributed by atoms with Crippen LogP contribution in [0.25, 0.3) is 10.8 Å². The number of nitrogens with one attached hydrogen (secondary N) is 1. The van der Waals surface area contributed by atoms with Crippen molar-refractivity contribution >= 4 is 28.4 Å². The van der Waals surface area contributed by atoms with Gasteiger partial charge in [0.1, 0.15) is 17.2 Å². The molecule has 3 aromatic rings. The summed E-state index contributed by atoms with van der Waals surface area (Å²) in [6.07, 6.45) is 5.83. The third-order valence-corrected chi connectivity index (χ3v) is 6.66. The van der Waals surface area contributed by atoms with E-state index < -0.39 is 5.60 Å². The molecule has 8 heteroatoms. The Hall–Kier alpha value is -3.26. The molecule has 32 heavy (non-hydrogen) atoms. The second-order valence-electron chi connectivity index (χ2n) is 9.17. The first kappa shape index (κ1) is 20.6. The van der Waals surface area contributed by atoms with Crippen molar-refractivity contribution in [2.75, 3.05) is 12.4 Å². The zero-order valence-electron chi connectivity index (χ0n) is 18.7. The highest BCUT2D eigenvalue weighted by Crippen LogP contribution is 2.42. The number of methoxy groups -OCH3 is 1. The molecular formula is C24H27N5O3. The molecule has 3 aromatic heterocycles. The Morgan fingerprint density at radius 2 is 1.97 bits per heavy atom. The van der Waals surface area contributed by atoms with Gasteiger partial charge in [-0.1, -0.05) is 6.92 Å². The number of ether oxygens (including phenoxy) is 2. The lowest BCUT2D eigenvalue weighted by atomic mass is 9.84. The Morgan fingerprint density at radius 3 is 2.69 bits per heavy atom. The van der Waals surface area contributed by atoms with E-state index in [1.54, 1.807) is 31.6 Å². The van der Waals surface area contributed by atoms with Crippen molar-refractivity contribution in [3.8, 4) is 5.88 Å². The van der Waals surface area contributed by atoms with E-state index in [-0.39, 0.29) is 17.9 Å². The maximum atomic E-state index is 12.4. The number of anilines is 2. The fourth-order valence-electron chi connectivity index (χ4n) is 4.23. The van der Waals surface area contributed by atoms with Crippen molar-refractivity contribution in [3.05, 3.63) is 47.4 Å². The largest absolute Gasteiger partial charge is 0.481 e. The van der Waals surface area contributed by atoms with Gasteiger partial charge in [-0.2, -0.15) is 0 Å². The highest BCUT2D eigenvalue weighted by atomic mass is 16.6. The second-order valence-corrected chi connectivity index (χ2v) is 9.17. The van der Waals surface area contributed by atoms with Gasteiger partial charge in [0.15, 0.2) is 0 Å². The SMILES string of the molecule is COc1ncc([C@@H](N)C2CC2)c2cc(Nc3ccc4c(n3)[C@@H](C)C(C)(C)OC4=O)ncc12. The number of nitrogens with two attached hydrogens (primary N) is 1. The maximum absolute atomic E-state index is 12.4. The summed E-state index contributed by atoms with van der Waals surface area (Å²) in [6, 6.07) is 5.41. The van der Waals surface area contributed by atoms with E-state index in [0.717, 1.165) is 34.9 Å². The topological polar surface area (TPSA) is 112 Å². The molecule has 3 N–H and O–H groups in total. The number of pyridine rings is 3. The number of cyclic esters (lactones) is 1. The Kier molecular flexibility index (Phi) is 4.78. The van der Waals surface area contributed by atoms with Crippen LogP contribution in [0, 0.1) is 5.92 Å². The fraction of sp³-hybridized carbons (Fsp3) is 0.417. The minimum atomic E-state index is -0.617. The predicted molar refractivity (Wildman–Crippen MR) is 121 cm³/mol. The molecule has 4 heterocycles. The van der Waals surface area contributed by atoms with Gasteiger partial charge >= 0.3 is 5.97 Å². The Morgan fingerprint density at radius 1 is 1.19 bits per heavy atom. The third-order valence-electron chi connectivity index (χ3n) is 6.66. The first-order chi connectivity index (χ1) is 15.3. The Labute approximate surface area is 186 Å². The summed E-state index contributed by atoms with van der Waals surface area (Å²) in [5.41, 5.74) is 8.11. The van der Waals surface area contributed by atoms with Crippen LogP contribution in [0.15, 0.2) is 30.6 Å². The predicted octanol–water partition coefficient (Wildman–Crippen LogP) is 4.24. The van der Waals surface area contributed by atoms with Gasteiger partial charge in [0, 0.05) is 24.4 Å². The van der Waals surface area contributed by atoms with Gasteiger partial charge in [-0.05, 0) is 61.8 Å². The van der Waals surface area contributed by atoms with E-state index >= 15 is 0 Å². The van der Waals surface area contributed by atoms with Crippen LogP contribution in [-0.4, -0.2) is 33.6 Å². The lowest BCUT2D eigenvalue weighted by Crippen LogP contribution is -2.39. The zero-order valence-corrected chi connectivity index (χ0v) is 18.7. The number of nitrogens with zero attached hydrogens (tertiary/aromatic N) is 3. The van der Waals surface area contributed by atoms with Crippen LogP contribution in [0.5, 0.6) is 5.88 Å². The molecule has 0 bridgehead atoms. The van der Waals surface area contributed by atoms with Crippen molar-refractivity contribution in [3.63, 3.8) is 0 Å². The molecule has 1 aliphatic carbocycles. The molecule has 5 rings (SSSR count). The van der Waals surface area contributed by atoms with E-state index in [9.17, 15) is 4.79 Å². The van der Waals surface area contributed by atoms with Gasteiger partial charge in [-0.25, -0.2) is 19.7 Å². The normalized spacial score (nSPS) is 20.4. The molecule has 1 aliphatic heterocycles. The molecule has 0 spiro atoms. The summed E-state index contributed by atoms with van der Waals surface area (Å²) in [4.78, 5) is 26.1. The first-order valence-corrected chi connectivity index (χ1v) is 10.9. The average molecular weight is 434 g/mol. The summed E-state index contributed by atoms with van der Waals surface area (Å²) in [7, 11) is 1.60.